The van der Waals surface area contributed by atoms with Crippen molar-refractivity contribution < 1.29 is 9.13 Å². The number of hydrogen-bond donors (Lipinski definition) is 1. The summed E-state index contributed by atoms with van der Waals surface area (Å²) in [5.41, 5.74) is 6.82. The highest BCUT2D eigenvalue weighted by Gasteiger charge is 2.27. The van der Waals surface area contributed by atoms with E-state index in [4.69, 9.17) is 10.5 Å². The van der Waals surface area contributed by atoms with Gasteiger partial charge in [0, 0.05) is 37.3 Å². The number of nitrogens with two attached hydrogens (primary N) is 1. The highest BCUT2D eigenvalue weighted by molar-refractivity contribution is 9.10. The number of piperidine rings is 1. The maximum atomic E-state index is 13.4. The second-order valence-electron chi connectivity index (χ2n) is 5.02. The highest BCUT2D eigenvalue weighted by atomic mass is 79.9. The van der Waals surface area contributed by atoms with Gasteiger partial charge in [-0.1, -0.05) is 15.9 Å². The molecule has 6 heteroatoms. The number of likely N-dealkylation sites (tertiary alicyclic amines) is 1. The summed E-state index contributed by atoms with van der Waals surface area (Å²) in [5.74, 6) is -0.208. The zero-order chi connectivity index (χ0) is 13.8. The Labute approximate surface area is 134 Å². The van der Waals surface area contributed by atoms with E-state index in [1.54, 1.807) is 13.2 Å². The second-order valence-corrected chi connectivity index (χ2v) is 5.94. The highest BCUT2D eigenvalue weighted by Crippen LogP contribution is 2.23. The van der Waals surface area contributed by atoms with Crippen molar-refractivity contribution in [1.82, 2.24) is 4.90 Å². The van der Waals surface area contributed by atoms with Crippen LogP contribution < -0.4 is 5.73 Å². The lowest BCUT2D eigenvalue weighted by molar-refractivity contribution is 0.0102. The van der Waals surface area contributed by atoms with E-state index in [0.29, 0.717) is 18.7 Å². The third-order valence-electron chi connectivity index (χ3n) is 3.70. The van der Waals surface area contributed by atoms with E-state index < -0.39 is 0 Å². The van der Waals surface area contributed by atoms with Gasteiger partial charge in [0.1, 0.15) is 5.82 Å². The van der Waals surface area contributed by atoms with Gasteiger partial charge in [-0.2, -0.15) is 0 Å². The molecule has 0 bridgehead atoms. The molecule has 0 radical (unpaired) electrons. The topological polar surface area (TPSA) is 38.5 Å². The average Bonchev–Trinajstić information content (AvgIpc) is 2.38. The van der Waals surface area contributed by atoms with E-state index in [2.05, 4.69) is 20.8 Å². The van der Waals surface area contributed by atoms with Crippen molar-refractivity contribution in [2.75, 3.05) is 20.2 Å². The summed E-state index contributed by atoms with van der Waals surface area (Å²) in [6, 6.07) is 5.32. The van der Waals surface area contributed by atoms with Crippen LogP contribution in [0.25, 0.3) is 0 Å². The van der Waals surface area contributed by atoms with Crippen LogP contribution in [0.1, 0.15) is 18.4 Å². The van der Waals surface area contributed by atoms with Crippen LogP contribution in [0.3, 0.4) is 0 Å². The summed E-state index contributed by atoms with van der Waals surface area (Å²) >= 11 is 3.33. The summed E-state index contributed by atoms with van der Waals surface area (Å²) in [6.07, 6.45) is 2.25. The fourth-order valence-corrected chi connectivity index (χ4v) is 3.18. The average molecular weight is 368 g/mol. The standard InChI is InChI=1S/C14H20BrFN2O.ClH/c1-19-14-2-3-18(13(7-14)8-17)9-10-4-11(15)6-12(16)5-10;/h4-6,13-14H,2-3,7-9,17H2,1H3;1H. The van der Waals surface area contributed by atoms with Gasteiger partial charge in [-0.25, -0.2) is 4.39 Å². The van der Waals surface area contributed by atoms with Gasteiger partial charge >= 0.3 is 0 Å². The summed E-state index contributed by atoms with van der Waals surface area (Å²) < 4.78 is 19.6. The molecule has 2 unspecified atom stereocenters. The first-order valence-electron chi connectivity index (χ1n) is 6.54. The third kappa shape index (κ3) is 4.67. The van der Waals surface area contributed by atoms with Gasteiger partial charge in [-0.15, -0.1) is 12.4 Å². The summed E-state index contributed by atoms with van der Waals surface area (Å²) in [5, 5.41) is 0. The van der Waals surface area contributed by atoms with Crippen molar-refractivity contribution in [3.05, 3.63) is 34.1 Å². The van der Waals surface area contributed by atoms with E-state index in [-0.39, 0.29) is 18.2 Å². The summed E-state index contributed by atoms with van der Waals surface area (Å²) in [6.45, 7) is 2.28. The molecule has 2 atom stereocenters. The minimum atomic E-state index is -0.208. The Morgan fingerprint density at radius 1 is 1.45 bits per heavy atom. The molecule has 1 saturated heterocycles. The first-order chi connectivity index (χ1) is 9.12. The number of halogens is 3. The minimum Gasteiger partial charge on any atom is -0.381 e. The molecule has 0 spiro atoms. The number of nitrogens with zero attached hydrogens (tertiary/aromatic N) is 1. The van der Waals surface area contributed by atoms with Gasteiger partial charge in [0.05, 0.1) is 6.10 Å². The van der Waals surface area contributed by atoms with Gasteiger partial charge in [0.25, 0.3) is 0 Å². The van der Waals surface area contributed by atoms with E-state index >= 15 is 0 Å². The van der Waals surface area contributed by atoms with Crippen LogP contribution in [-0.2, 0) is 11.3 Å². The molecule has 3 nitrogen and oxygen atoms in total. The molecule has 1 aliphatic rings. The van der Waals surface area contributed by atoms with Gasteiger partial charge in [0.2, 0.25) is 0 Å². The maximum Gasteiger partial charge on any atom is 0.124 e. The van der Waals surface area contributed by atoms with Crippen LogP contribution in [0.5, 0.6) is 0 Å². The number of hydrogen-bond acceptors (Lipinski definition) is 3. The van der Waals surface area contributed by atoms with E-state index in [9.17, 15) is 4.39 Å². The second kappa shape index (κ2) is 8.29. The number of benzene rings is 1. The Balaban J connectivity index is 0.00000200. The Morgan fingerprint density at radius 2 is 2.20 bits per heavy atom. The lowest BCUT2D eigenvalue weighted by atomic mass is 9.98. The van der Waals surface area contributed by atoms with Crippen molar-refractivity contribution in [3.63, 3.8) is 0 Å². The molecule has 0 saturated carbocycles. The van der Waals surface area contributed by atoms with E-state index in [0.717, 1.165) is 36.0 Å². The number of ether oxygens (including phenoxy) is 1. The van der Waals surface area contributed by atoms with Crippen LogP contribution in [0.15, 0.2) is 22.7 Å². The molecular weight excluding hydrogens is 347 g/mol. The van der Waals surface area contributed by atoms with Gasteiger partial charge in [0.15, 0.2) is 0 Å². The zero-order valence-electron chi connectivity index (χ0n) is 11.5. The summed E-state index contributed by atoms with van der Waals surface area (Å²) in [7, 11) is 1.75. The molecule has 1 aliphatic heterocycles. The van der Waals surface area contributed by atoms with Crippen LogP contribution in [0.4, 0.5) is 4.39 Å². The zero-order valence-corrected chi connectivity index (χ0v) is 13.9. The molecule has 20 heavy (non-hydrogen) atoms. The van der Waals surface area contributed by atoms with Crippen molar-refractivity contribution in [2.45, 2.75) is 31.5 Å². The fourth-order valence-electron chi connectivity index (χ4n) is 2.67. The molecule has 2 rings (SSSR count). The van der Waals surface area contributed by atoms with Crippen molar-refractivity contribution >= 4 is 28.3 Å². The molecule has 0 aliphatic carbocycles. The normalized spacial score (nSPS) is 23.4. The molecule has 114 valence electrons. The van der Waals surface area contributed by atoms with Crippen molar-refractivity contribution in [2.24, 2.45) is 5.73 Å². The molecule has 1 aromatic carbocycles. The van der Waals surface area contributed by atoms with Crippen LogP contribution in [0, 0.1) is 5.82 Å². The van der Waals surface area contributed by atoms with Crippen molar-refractivity contribution in [1.29, 1.82) is 0 Å². The number of rotatable bonds is 4. The van der Waals surface area contributed by atoms with E-state index in [1.807, 2.05) is 6.07 Å². The fraction of sp³-hybridized carbons (Fsp3) is 0.571. The Kier molecular flexibility index (Phi) is 7.40. The number of methoxy groups -OCH3 is 1. The first kappa shape index (κ1) is 17.9. The lowest BCUT2D eigenvalue weighted by Crippen LogP contribution is -2.47. The maximum absolute atomic E-state index is 13.4. The van der Waals surface area contributed by atoms with Gasteiger partial charge < -0.3 is 10.5 Å². The smallest absolute Gasteiger partial charge is 0.124 e. The van der Waals surface area contributed by atoms with Crippen LogP contribution in [0.2, 0.25) is 0 Å². The molecular formula is C14H21BrClFN2O. The predicted octanol–water partition coefficient (Wildman–Crippen LogP) is 2.95. The van der Waals surface area contributed by atoms with Crippen molar-refractivity contribution in [3.8, 4) is 0 Å². The largest absolute Gasteiger partial charge is 0.381 e. The Bertz CT molecular complexity index is 415. The molecule has 1 fully saturated rings. The quantitative estimate of drug-likeness (QED) is 0.889. The molecule has 0 amide bonds. The van der Waals surface area contributed by atoms with Crippen LogP contribution in [-0.4, -0.2) is 37.2 Å². The molecule has 0 aromatic heterocycles. The van der Waals surface area contributed by atoms with E-state index in [1.165, 1.54) is 6.07 Å². The third-order valence-corrected chi connectivity index (χ3v) is 4.16. The first-order valence-corrected chi connectivity index (χ1v) is 7.33. The van der Waals surface area contributed by atoms with Gasteiger partial charge in [-0.05, 0) is 36.6 Å². The lowest BCUT2D eigenvalue weighted by Gasteiger charge is -2.38. The molecule has 1 aromatic rings. The Morgan fingerprint density at radius 3 is 2.80 bits per heavy atom. The minimum absolute atomic E-state index is 0. The van der Waals surface area contributed by atoms with Crippen LogP contribution >= 0.6 is 28.3 Å². The molecule has 1 heterocycles. The SMILES string of the molecule is COC1CCN(Cc2cc(F)cc(Br)c2)C(CN)C1.Cl. The molecule has 2 N–H and O–H groups in total. The summed E-state index contributed by atoms with van der Waals surface area (Å²) in [4.78, 5) is 2.32. The Hall–Kier alpha value is -0.200. The van der Waals surface area contributed by atoms with Gasteiger partial charge in [-0.3, -0.25) is 4.90 Å². The monoisotopic (exact) mass is 366 g/mol. The predicted molar refractivity (Wildman–Crippen MR) is 84.6 cm³/mol.